The van der Waals surface area contributed by atoms with Crippen molar-refractivity contribution >= 4 is 11.9 Å². The number of benzene rings is 1. The number of aliphatic imine (C=N–C) groups is 2. The van der Waals surface area contributed by atoms with Crippen molar-refractivity contribution in [2.75, 3.05) is 33.2 Å². The first kappa shape index (κ1) is 15.3. The van der Waals surface area contributed by atoms with Crippen LogP contribution in [-0.4, -0.2) is 54.9 Å². The number of nitrogens with zero attached hydrogens (tertiary/aromatic N) is 4. The number of aryl methyl sites for hydroxylation is 1. The summed E-state index contributed by atoms with van der Waals surface area (Å²) in [6, 6.07) is 8.18. The highest BCUT2D eigenvalue weighted by molar-refractivity contribution is 5.93. The number of nitrogens with two attached hydrogens (primary N) is 2. The minimum Gasteiger partial charge on any atom is -0.369 e. The molecule has 0 spiro atoms. The molecule has 0 aliphatic carbocycles. The molecule has 1 fully saturated rings. The fraction of sp³-hybridized carbons (Fsp3) is 0.467. The highest BCUT2D eigenvalue weighted by atomic mass is 15.3. The fourth-order valence-electron chi connectivity index (χ4n) is 2.24. The lowest BCUT2D eigenvalue weighted by Crippen LogP contribution is -2.50. The second-order valence-corrected chi connectivity index (χ2v) is 5.42. The molecule has 0 amide bonds. The third-order valence-electron chi connectivity index (χ3n) is 3.56. The number of hydrogen-bond donors (Lipinski definition) is 2. The van der Waals surface area contributed by atoms with Gasteiger partial charge in [0.1, 0.15) is 0 Å². The van der Waals surface area contributed by atoms with Crippen molar-refractivity contribution in [3.8, 4) is 0 Å². The van der Waals surface area contributed by atoms with Gasteiger partial charge in [-0.25, -0.2) is 4.99 Å². The number of rotatable bonds is 2. The van der Waals surface area contributed by atoms with E-state index in [1.54, 1.807) is 0 Å². The van der Waals surface area contributed by atoms with Crippen LogP contribution in [-0.2, 0) is 6.54 Å². The van der Waals surface area contributed by atoms with Crippen LogP contribution in [0.15, 0.2) is 34.3 Å². The molecule has 1 aliphatic heterocycles. The van der Waals surface area contributed by atoms with Crippen molar-refractivity contribution in [3.05, 3.63) is 35.4 Å². The average Bonchev–Trinajstić information content (AvgIpc) is 2.46. The van der Waals surface area contributed by atoms with Crippen LogP contribution in [0.1, 0.15) is 11.1 Å². The lowest BCUT2D eigenvalue weighted by Gasteiger charge is -2.32. The van der Waals surface area contributed by atoms with Gasteiger partial charge in [-0.3, -0.25) is 0 Å². The molecular formula is C15H24N6. The van der Waals surface area contributed by atoms with Crippen molar-refractivity contribution in [1.82, 2.24) is 9.80 Å². The molecule has 2 rings (SSSR count). The van der Waals surface area contributed by atoms with E-state index in [0.717, 1.165) is 31.7 Å². The first-order valence-electron chi connectivity index (χ1n) is 7.18. The Morgan fingerprint density at radius 1 is 1.19 bits per heavy atom. The van der Waals surface area contributed by atoms with Gasteiger partial charge < -0.3 is 21.3 Å². The summed E-state index contributed by atoms with van der Waals surface area (Å²) in [5, 5.41) is 0. The quantitative estimate of drug-likeness (QED) is 0.608. The van der Waals surface area contributed by atoms with Gasteiger partial charge in [0.2, 0.25) is 5.96 Å². The van der Waals surface area contributed by atoms with Crippen molar-refractivity contribution in [2.24, 2.45) is 21.5 Å². The maximum Gasteiger partial charge on any atom is 0.218 e. The summed E-state index contributed by atoms with van der Waals surface area (Å²) >= 11 is 0. The summed E-state index contributed by atoms with van der Waals surface area (Å²) in [5.74, 6) is 0.682. The molecule has 0 aromatic heterocycles. The van der Waals surface area contributed by atoms with Crippen LogP contribution < -0.4 is 11.5 Å². The smallest absolute Gasteiger partial charge is 0.218 e. The maximum atomic E-state index is 5.98. The molecule has 114 valence electrons. The topological polar surface area (TPSA) is 83.2 Å². The predicted molar refractivity (Wildman–Crippen MR) is 87.2 cm³/mol. The van der Waals surface area contributed by atoms with E-state index < -0.39 is 0 Å². The molecule has 0 atom stereocenters. The van der Waals surface area contributed by atoms with Gasteiger partial charge in [-0.05, 0) is 19.5 Å². The van der Waals surface area contributed by atoms with Crippen LogP contribution in [0.4, 0.5) is 0 Å². The second kappa shape index (κ2) is 7.08. The van der Waals surface area contributed by atoms with Gasteiger partial charge in [0.15, 0.2) is 5.96 Å². The summed E-state index contributed by atoms with van der Waals surface area (Å²) in [6.07, 6.45) is 0. The molecular weight excluding hydrogens is 264 g/mol. The van der Waals surface area contributed by atoms with E-state index in [-0.39, 0.29) is 5.96 Å². The Labute approximate surface area is 126 Å². The lowest BCUT2D eigenvalue weighted by atomic mass is 10.1. The SMILES string of the molecule is Cc1cccc(CN=C(N)N=C(N)N2CCN(C)CC2)c1. The van der Waals surface area contributed by atoms with Crippen molar-refractivity contribution in [2.45, 2.75) is 13.5 Å². The van der Waals surface area contributed by atoms with Crippen LogP contribution >= 0.6 is 0 Å². The van der Waals surface area contributed by atoms with Gasteiger partial charge in [-0.2, -0.15) is 4.99 Å². The largest absolute Gasteiger partial charge is 0.369 e. The Morgan fingerprint density at radius 2 is 1.90 bits per heavy atom. The van der Waals surface area contributed by atoms with Gasteiger partial charge in [0.05, 0.1) is 6.54 Å². The van der Waals surface area contributed by atoms with Crippen molar-refractivity contribution < 1.29 is 0 Å². The standard InChI is InChI=1S/C15H24N6/c1-12-4-3-5-13(10-12)11-18-14(16)19-15(17)21-8-6-20(2)7-9-21/h3-5,10H,6-9,11H2,1-2H3,(H4,16,17,18,19). The van der Waals surface area contributed by atoms with E-state index in [1.165, 1.54) is 5.56 Å². The van der Waals surface area contributed by atoms with E-state index in [4.69, 9.17) is 11.5 Å². The highest BCUT2D eigenvalue weighted by Gasteiger charge is 2.15. The number of hydrogen-bond acceptors (Lipinski definition) is 2. The molecule has 1 aromatic carbocycles. The molecule has 6 nitrogen and oxygen atoms in total. The fourth-order valence-corrected chi connectivity index (χ4v) is 2.24. The Morgan fingerprint density at radius 3 is 2.57 bits per heavy atom. The van der Waals surface area contributed by atoms with E-state index in [1.807, 2.05) is 17.0 Å². The first-order chi connectivity index (χ1) is 10.0. The summed E-state index contributed by atoms with van der Waals surface area (Å²) in [5.41, 5.74) is 14.2. The van der Waals surface area contributed by atoms with Crippen LogP contribution in [0.3, 0.4) is 0 Å². The number of guanidine groups is 2. The lowest BCUT2D eigenvalue weighted by molar-refractivity contribution is 0.214. The molecule has 1 saturated heterocycles. The highest BCUT2D eigenvalue weighted by Crippen LogP contribution is 2.05. The summed E-state index contributed by atoms with van der Waals surface area (Å²) < 4.78 is 0. The van der Waals surface area contributed by atoms with E-state index in [2.05, 4.69) is 41.0 Å². The maximum absolute atomic E-state index is 5.98. The molecule has 1 aromatic rings. The Hall–Kier alpha value is -2.08. The molecule has 0 bridgehead atoms. The zero-order valence-electron chi connectivity index (χ0n) is 12.8. The number of likely N-dealkylation sites (N-methyl/N-ethyl adjacent to an activating group) is 1. The summed E-state index contributed by atoms with van der Waals surface area (Å²) in [7, 11) is 2.10. The molecule has 1 aliphatic rings. The van der Waals surface area contributed by atoms with Crippen LogP contribution in [0.2, 0.25) is 0 Å². The summed E-state index contributed by atoms with van der Waals surface area (Å²) in [6.45, 7) is 6.29. The van der Waals surface area contributed by atoms with Crippen molar-refractivity contribution in [3.63, 3.8) is 0 Å². The predicted octanol–water partition coefficient (Wildman–Crippen LogP) is 0.372. The third kappa shape index (κ3) is 4.75. The zero-order valence-corrected chi connectivity index (χ0v) is 12.8. The second-order valence-electron chi connectivity index (χ2n) is 5.42. The monoisotopic (exact) mass is 288 g/mol. The first-order valence-corrected chi connectivity index (χ1v) is 7.18. The molecule has 1 heterocycles. The van der Waals surface area contributed by atoms with Crippen LogP contribution in [0.5, 0.6) is 0 Å². The molecule has 4 N–H and O–H groups in total. The van der Waals surface area contributed by atoms with Crippen molar-refractivity contribution in [1.29, 1.82) is 0 Å². The van der Waals surface area contributed by atoms with E-state index >= 15 is 0 Å². The molecule has 0 radical (unpaired) electrons. The Kier molecular flexibility index (Phi) is 5.16. The zero-order chi connectivity index (χ0) is 15.2. The Balaban J connectivity index is 1.94. The number of piperazine rings is 1. The molecule has 0 saturated carbocycles. The Bertz CT molecular complexity index is 529. The van der Waals surface area contributed by atoms with E-state index in [9.17, 15) is 0 Å². The summed E-state index contributed by atoms with van der Waals surface area (Å²) in [4.78, 5) is 12.8. The van der Waals surface area contributed by atoms with Gasteiger partial charge in [-0.15, -0.1) is 0 Å². The normalized spacial score (nSPS) is 18.1. The minimum absolute atomic E-state index is 0.230. The molecule has 0 unspecified atom stereocenters. The minimum atomic E-state index is 0.230. The molecule has 21 heavy (non-hydrogen) atoms. The van der Waals surface area contributed by atoms with Gasteiger partial charge >= 0.3 is 0 Å². The van der Waals surface area contributed by atoms with E-state index in [0.29, 0.717) is 12.5 Å². The van der Waals surface area contributed by atoms with Gasteiger partial charge in [0, 0.05) is 26.2 Å². The molecule has 6 heteroatoms. The van der Waals surface area contributed by atoms with Crippen LogP contribution in [0, 0.1) is 6.92 Å². The third-order valence-corrected chi connectivity index (χ3v) is 3.56. The average molecular weight is 288 g/mol. The van der Waals surface area contributed by atoms with Gasteiger partial charge in [0.25, 0.3) is 0 Å². The van der Waals surface area contributed by atoms with Gasteiger partial charge in [-0.1, -0.05) is 29.8 Å². The van der Waals surface area contributed by atoms with Crippen LogP contribution in [0.25, 0.3) is 0 Å².